The van der Waals surface area contributed by atoms with E-state index >= 15 is 0 Å². The predicted octanol–water partition coefficient (Wildman–Crippen LogP) is 4.02. The summed E-state index contributed by atoms with van der Waals surface area (Å²) >= 11 is 0. The Morgan fingerprint density at radius 3 is 2.21 bits per heavy atom. The molecule has 0 spiro atoms. The van der Waals surface area contributed by atoms with Gasteiger partial charge in [-0.15, -0.1) is 0 Å². The molecule has 19 heavy (non-hydrogen) atoms. The second kappa shape index (κ2) is 5.40. The van der Waals surface area contributed by atoms with E-state index in [-0.39, 0.29) is 0 Å². The Morgan fingerprint density at radius 1 is 0.895 bits per heavy atom. The first kappa shape index (κ1) is 11.5. The highest BCUT2D eigenvalue weighted by Gasteiger charge is 2.14. The molecule has 0 aliphatic heterocycles. The fourth-order valence-electron chi connectivity index (χ4n) is 1.85. The van der Waals surface area contributed by atoms with Crippen LogP contribution in [0.2, 0.25) is 0 Å². The summed E-state index contributed by atoms with van der Waals surface area (Å²) in [4.78, 5) is 6.14. The summed E-state index contributed by atoms with van der Waals surface area (Å²) in [5.74, 6) is 0. The first-order valence-corrected chi connectivity index (χ1v) is 6.07. The molecule has 93 valence electrons. The summed E-state index contributed by atoms with van der Waals surface area (Å²) in [5.41, 5.74) is 2.10. The third kappa shape index (κ3) is 2.65. The van der Waals surface area contributed by atoms with Gasteiger partial charge >= 0.3 is 6.01 Å². The Hall–Kier alpha value is -2.55. The Bertz CT molecular complexity index is 606. The molecule has 3 aromatic rings. The van der Waals surface area contributed by atoms with Gasteiger partial charge in [-0.25, -0.2) is 4.98 Å². The fraction of sp³-hybridized carbons (Fsp3) is 0. The molecule has 0 aliphatic rings. The monoisotopic (exact) mass is 249 g/mol. The van der Waals surface area contributed by atoms with Crippen LogP contribution in [0.5, 0.6) is 0 Å². The van der Waals surface area contributed by atoms with E-state index in [4.69, 9.17) is 4.42 Å². The summed E-state index contributed by atoms with van der Waals surface area (Å²) in [5, 5.41) is 0. The second-order valence-electron chi connectivity index (χ2n) is 4.06. The lowest BCUT2D eigenvalue weighted by atomic mass is 10.2. The number of anilines is 2. The van der Waals surface area contributed by atoms with Crippen molar-refractivity contribution < 1.29 is 4.42 Å². The van der Waals surface area contributed by atoms with E-state index in [2.05, 4.69) is 4.98 Å². The molecule has 2 aromatic carbocycles. The molecule has 3 heteroatoms. The van der Waals surface area contributed by atoms with Crippen LogP contribution in [-0.2, 0) is 0 Å². The number of benzene rings is 2. The molecule has 1 radical (unpaired) electrons. The van der Waals surface area contributed by atoms with Gasteiger partial charge in [0.05, 0.1) is 12.7 Å². The van der Waals surface area contributed by atoms with Gasteiger partial charge < -0.3 is 4.42 Å². The molecule has 0 N–H and O–H groups in total. The average Bonchev–Trinajstić information content (AvgIpc) is 3.01. The molecule has 1 heterocycles. The number of hydrogen-bond acceptors (Lipinski definition) is 3. The smallest absolute Gasteiger partial charge is 0.302 e. The van der Waals surface area contributed by atoms with Crippen LogP contribution in [0.4, 0.5) is 11.7 Å². The molecule has 0 saturated heterocycles. The van der Waals surface area contributed by atoms with E-state index in [1.54, 1.807) is 12.5 Å². The maximum absolute atomic E-state index is 5.41. The summed E-state index contributed by atoms with van der Waals surface area (Å²) in [6.07, 6.45) is 3.22. The van der Waals surface area contributed by atoms with Gasteiger partial charge in [0.25, 0.3) is 0 Å². The van der Waals surface area contributed by atoms with Crippen LogP contribution in [0.1, 0.15) is 5.56 Å². The largest absolute Gasteiger partial charge is 0.432 e. The van der Waals surface area contributed by atoms with E-state index in [1.165, 1.54) is 0 Å². The van der Waals surface area contributed by atoms with Crippen molar-refractivity contribution in [2.75, 3.05) is 4.90 Å². The van der Waals surface area contributed by atoms with Gasteiger partial charge in [-0.3, -0.25) is 4.90 Å². The van der Waals surface area contributed by atoms with Gasteiger partial charge in [0.15, 0.2) is 0 Å². The highest BCUT2D eigenvalue weighted by Crippen LogP contribution is 2.26. The van der Waals surface area contributed by atoms with Crippen LogP contribution in [-0.4, -0.2) is 4.98 Å². The minimum Gasteiger partial charge on any atom is -0.432 e. The van der Waals surface area contributed by atoms with Gasteiger partial charge in [0.1, 0.15) is 6.26 Å². The zero-order valence-corrected chi connectivity index (χ0v) is 10.3. The zero-order chi connectivity index (χ0) is 12.9. The molecule has 0 unspecified atom stereocenters. The summed E-state index contributed by atoms with van der Waals surface area (Å²) in [6.45, 7) is 2.00. The maximum atomic E-state index is 5.41. The van der Waals surface area contributed by atoms with Gasteiger partial charge in [-0.1, -0.05) is 48.5 Å². The quantitative estimate of drug-likeness (QED) is 0.699. The molecule has 0 bridgehead atoms. The first-order valence-electron chi connectivity index (χ1n) is 6.07. The second-order valence-corrected chi connectivity index (χ2v) is 4.06. The van der Waals surface area contributed by atoms with Crippen LogP contribution in [0.15, 0.2) is 77.5 Å². The molecule has 0 amide bonds. The summed E-state index contributed by atoms with van der Waals surface area (Å²) in [7, 11) is 0. The van der Waals surface area contributed by atoms with E-state index in [9.17, 15) is 0 Å². The van der Waals surface area contributed by atoms with E-state index in [0.29, 0.717) is 6.01 Å². The number of rotatable bonds is 4. The highest BCUT2D eigenvalue weighted by atomic mass is 16.4. The lowest BCUT2D eigenvalue weighted by Crippen LogP contribution is -2.14. The topological polar surface area (TPSA) is 29.3 Å². The van der Waals surface area contributed by atoms with Crippen molar-refractivity contribution in [3.8, 4) is 0 Å². The lowest BCUT2D eigenvalue weighted by Gasteiger charge is -2.20. The summed E-state index contributed by atoms with van der Waals surface area (Å²) < 4.78 is 5.41. The van der Waals surface area contributed by atoms with Gasteiger partial charge in [0.2, 0.25) is 0 Å². The Labute approximate surface area is 112 Å². The number of para-hydroxylation sites is 1. The average molecular weight is 249 g/mol. The van der Waals surface area contributed by atoms with Crippen LogP contribution in [0, 0.1) is 6.54 Å². The third-order valence-electron chi connectivity index (χ3n) is 2.74. The Morgan fingerprint density at radius 2 is 1.58 bits per heavy atom. The number of aromatic nitrogens is 1. The molecule has 0 fully saturated rings. The van der Waals surface area contributed by atoms with Crippen LogP contribution in [0.3, 0.4) is 0 Å². The van der Waals surface area contributed by atoms with Crippen molar-refractivity contribution in [3.05, 3.63) is 85.2 Å². The Kier molecular flexibility index (Phi) is 3.28. The van der Waals surface area contributed by atoms with Gasteiger partial charge in [-0.2, -0.15) is 0 Å². The molecule has 3 rings (SSSR count). The molecular weight excluding hydrogens is 236 g/mol. The van der Waals surface area contributed by atoms with Crippen molar-refractivity contribution >= 4 is 11.7 Å². The number of oxazole rings is 1. The zero-order valence-electron chi connectivity index (χ0n) is 10.3. The molecule has 0 aliphatic carbocycles. The molecule has 1 aromatic heterocycles. The van der Waals surface area contributed by atoms with Crippen molar-refractivity contribution in [2.45, 2.75) is 0 Å². The third-order valence-corrected chi connectivity index (χ3v) is 2.74. The van der Waals surface area contributed by atoms with E-state index < -0.39 is 0 Å². The predicted molar refractivity (Wildman–Crippen MR) is 74.9 cm³/mol. The van der Waals surface area contributed by atoms with Crippen molar-refractivity contribution in [1.29, 1.82) is 0 Å². The van der Waals surface area contributed by atoms with Crippen molar-refractivity contribution in [1.82, 2.24) is 4.98 Å². The lowest BCUT2D eigenvalue weighted by molar-refractivity contribution is 0.562. The van der Waals surface area contributed by atoms with Gasteiger partial charge in [-0.05, 0) is 17.7 Å². The Balaban J connectivity index is 1.94. The standard InChI is InChI=1S/C16H13N2O/c1-3-7-14(8-4-1)13-18(16-17-11-12-19-16)15-9-5-2-6-10-15/h1-13H. The van der Waals surface area contributed by atoms with Crippen LogP contribution < -0.4 is 4.90 Å². The van der Waals surface area contributed by atoms with Gasteiger partial charge in [0, 0.05) is 5.69 Å². The SMILES string of the molecule is [CH](c1ccccc1)N(c1ccccc1)c1ncco1. The fourth-order valence-corrected chi connectivity index (χ4v) is 1.85. The number of hydrogen-bond donors (Lipinski definition) is 0. The maximum Gasteiger partial charge on any atom is 0.302 e. The number of nitrogens with zero attached hydrogens (tertiary/aromatic N) is 2. The van der Waals surface area contributed by atoms with Crippen LogP contribution >= 0.6 is 0 Å². The van der Waals surface area contributed by atoms with Crippen molar-refractivity contribution in [3.63, 3.8) is 0 Å². The molecule has 3 nitrogen and oxygen atoms in total. The molecular formula is C16H13N2O. The minimum atomic E-state index is 0.551. The normalized spacial score (nSPS) is 10.3. The van der Waals surface area contributed by atoms with Crippen molar-refractivity contribution in [2.24, 2.45) is 0 Å². The minimum absolute atomic E-state index is 0.551. The van der Waals surface area contributed by atoms with Crippen LogP contribution in [0.25, 0.3) is 0 Å². The molecule has 0 atom stereocenters. The van der Waals surface area contributed by atoms with E-state index in [0.717, 1.165) is 11.3 Å². The first-order chi connectivity index (χ1) is 9.43. The molecule has 0 saturated carbocycles. The highest BCUT2D eigenvalue weighted by molar-refractivity contribution is 5.60. The summed E-state index contributed by atoms with van der Waals surface area (Å²) in [6, 6.07) is 20.6. The van der Waals surface area contributed by atoms with E-state index in [1.807, 2.05) is 72.1 Å².